The number of benzene rings is 4. The van der Waals surface area contributed by atoms with E-state index in [4.69, 9.17) is 13.9 Å². The highest BCUT2D eigenvalue weighted by atomic mass is 32.2. The lowest BCUT2D eigenvalue weighted by Gasteiger charge is -2.49. The first-order chi connectivity index (χ1) is 21.8. The van der Waals surface area contributed by atoms with Crippen LogP contribution in [0.4, 0.5) is 10.1 Å². The third kappa shape index (κ3) is 7.16. The second-order valence-corrected chi connectivity index (χ2v) is 20.1. The smallest absolute Gasteiger partial charge is 0.241 e. The van der Waals surface area contributed by atoms with Crippen LogP contribution >= 0.6 is 0 Å². The molecule has 0 N–H and O–H groups in total. The average Bonchev–Trinajstić information content (AvgIpc) is 3.03. The van der Waals surface area contributed by atoms with Gasteiger partial charge in [0.15, 0.2) is 8.32 Å². The molecule has 5 rings (SSSR count). The van der Waals surface area contributed by atoms with E-state index in [2.05, 4.69) is 33.9 Å². The fraction of sp³-hybridized carbons (Fsp3) is 0.351. The highest BCUT2D eigenvalue weighted by molar-refractivity contribution is 7.95. The molecular weight excluding hydrogens is 618 g/mol. The number of nitrogens with zero attached hydrogens (tertiary/aromatic N) is 1. The Morgan fingerprint density at radius 1 is 0.891 bits per heavy atom. The van der Waals surface area contributed by atoms with Crippen LogP contribution in [0.25, 0.3) is 0 Å². The van der Waals surface area contributed by atoms with Crippen molar-refractivity contribution in [2.24, 2.45) is 0 Å². The summed E-state index contributed by atoms with van der Waals surface area (Å²) in [5.41, 5.74) is 3.21. The van der Waals surface area contributed by atoms with E-state index in [1.54, 1.807) is 19.2 Å². The van der Waals surface area contributed by atoms with Gasteiger partial charge in [0.1, 0.15) is 29.2 Å². The van der Waals surface area contributed by atoms with Crippen molar-refractivity contribution in [1.82, 2.24) is 0 Å². The lowest BCUT2D eigenvalue weighted by Crippen LogP contribution is -2.58. The van der Waals surface area contributed by atoms with Crippen molar-refractivity contribution in [3.63, 3.8) is 0 Å². The third-order valence-electron chi connectivity index (χ3n) is 9.25. The van der Waals surface area contributed by atoms with Gasteiger partial charge in [-0.25, -0.2) is 12.8 Å². The van der Waals surface area contributed by atoms with Crippen LogP contribution in [0.3, 0.4) is 0 Å². The molecule has 0 amide bonds. The predicted octanol–water partition coefficient (Wildman–Crippen LogP) is 9.22. The molecule has 0 saturated carbocycles. The van der Waals surface area contributed by atoms with E-state index in [0.717, 1.165) is 16.7 Å². The van der Waals surface area contributed by atoms with Gasteiger partial charge in [-0.3, -0.25) is 4.31 Å². The van der Waals surface area contributed by atoms with Gasteiger partial charge in [-0.1, -0.05) is 81.4 Å². The van der Waals surface area contributed by atoms with E-state index < -0.39 is 29.6 Å². The molecule has 1 aliphatic heterocycles. The molecule has 1 saturated heterocycles. The molecule has 46 heavy (non-hydrogen) atoms. The van der Waals surface area contributed by atoms with Crippen LogP contribution < -0.4 is 13.8 Å². The van der Waals surface area contributed by atoms with Crippen molar-refractivity contribution < 1.29 is 26.7 Å². The summed E-state index contributed by atoms with van der Waals surface area (Å²) in [5.74, 6) is 0.870. The lowest BCUT2D eigenvalue weighted by molar-refractivity contribution is 0.168. The van der Waals surface area contributed by atoms with Gasteiger partial charge in [-0.2, -0.15) is 0 Å². The standard InChI is InChI=1S/C37H44FNO5SSi/c1-37(2,3)46(5,6)44-33(28-17-19-29(38)20-18-28)23-24-35-36(39(45(35,40)41)30-15-11-8-12-16-30)32-22-21-31(42-4)25-34(32)43-26-27-13-9-7-10-14-27/h7-22,25,33,35-36H,23-24,26H2,1-6H3/t33-,35+,36+/m0/s1. The van der Waals surface area contributed by atoms with Gasteiger partial charge in [0.25, 0.3) is 0 Å². The van der Waals surface area contributed by atoms with E-state index >= 15 is 0 Å². The summed E-state index contributed by atoms with van der Waals surface area (Å²) in [6, 6.07) is 30.5. The fourth-order valence-electron chi connectivity index (χ4n) is 5.64. The molecular formula is C37H44FNO5SSi. The summed E-state index contributed by atoms with van der Waals surface area (Å²) in [6.07, 6.45) is 0.419. The average molecular weight is 662 g/mol. The molecule has 6 nitrogen and oxygen atoms in total. The molecule has 0 unspecified atom stereocenters. The zero-order valence-electron chi connectivity index (χ0n) is 27.4. The molecule has 0 bridgehead atoms. The van der Waals surface area contributed by atoms with Crippen LogP contribution in [-0.2, 0) is 21.1 Å². The minimum absolute atomic E-state index is 0.0610. The number of anilines is 1. The maximum absolute atomic E-state index is 14.2. The van der Waals surface area contributed by atoms with Crippen molar-refractivity contribution >= 4 is 24.0 Å². The third-order valence-corrected chi connectivity index (χ3v) is 16.0. The lowest BCUT2D eigenvalue weighted by atomic mass is 9.95. The van der Waals surface area contributed by atoms with Gasteiger partial charge in [-0.05, 0) is 78.5 Å². The van der Waals surface area contributed by atoms with Crippen molar-refractivity contribution in [3.8, 4) is 11.5 Å². The number of hydrogen-bond donors (Lipinski definition) is 0. The first-order valence-corrected chi connectivity index (χ1v) is 20.1. The number of halogens is 1. The Morgan fingerprint density at radius 2 is 1.52 bits per heavy atom. The van der Waals surface area contributed by atoms with Crippen molar-refractivity contribution in [3.05, 3.63) is 126 Å². The Bertz CT molecular complexity index is 1710. The summed E-state index contributed by atoms with van der Waals surface area (Å²) >= 11 is 0. The molecule has 0 radical (unpaired) electrons. The predicted molar refractivity (Wildman–Crippen MR) is 185 cm³/mol. The normalized spacial score (nSPS) is 18.5. The van der Waals surface area contributed by atoms with Gasteiger partial charge < -0.3 is 13.9 Å². The van der Waals surface area contributed by atoms with Crippen LogP contribution in [0.5, 0.6) is 11.5 Å². The van der Waals surface area contributed by atoms with Gasteiger partial charge in [0.2, 0.25) is 10.0 Å². The SMILES string of the molecule is COc1ccc([C@@H]2[C@@H](CC[C@H](O[Si](C)(C)C(C)(C)C)c3ccc(F)cc3)S(=O)(=O)N2c2ccccc2)c(OCc2ccccc2)c1. The largest absolute Gasteiger partial charge is 0.497 e. The monoisotopic (exact) mass is 661 g/mol. The maximum atomic E-state index is 14.2. The van der Waals surface area contributed by atoms with Crippen LogP contribution in [0.1, 0.15) is 62.4 Å². The van der Waals surface area contributed by atoms with Crippen molar-refractivity contribution in [1.29, 1.82) is 0 Å². The topological polar surface area (TPSA) is 65.1 Å². The molecule has 1 aliphatic rings. The van der Waals surface area contributed by atoms with Gasteiger partial charge in [0, 0.05) is 11.6 Å². The number of sulfonamides is 1. The molecule has 4 aromatic carbocycles. The zero-order chi connectivity index (χ0) is 33.1. The molecule has 3 atom stereocenters. The molecule has 1 fully saturated rings. The number of rotatable bonds is 12. The molecule has 0 aromatic heterocycles. The summed E-state index contributed by atoms with van der Waals surface area (Å²) in [6.45, 7) is 11.2. The Labute approximate surface area is 274 Å². The second-order valence-electron chi connectivity index (χ2n) is 13.3. The van der Waals surface area contributed by atoms with E-state index in [9.17, 15) is 12.8 Å². The van der Waals surface area contributed by atoms with E-state index in [0.29, 0.717) is 36.6 Å². The fourth-order valence-corrected chi connectivity index (χ4v) is 9.07. The number of para-hydroxylation sites is 1. The Hall–Kier alpha value is -3.66. The summed E-state index contributed by atoms with van der Waals surface area (Å²) in [7, 11) is -4.39. The number of hydrogen-bond acceptors (Lipinski definition) is 5. The molecule has 9 heteroatoms. The second kappa shape index (κ2) is 13.6. The van der Waals surface area contributed by atoms with Crippen molar-refractivity contribution in [2.45, 2.75) is 75.7 Å². The molecule has 4 aromatic rings. The van der Waals surface area contributed by atoms with E-state index in [1.165, 1.54) is 16.4 Å². The quantitative estimate of drug-likeness (QED) is 0.142. The van der Waals surface area contributed by atoms with Crippen molar-refractivity contribution in [2.75, 3.05) is 11.4 Å². The molecule has 0 spiro atoms. The maximum Gasteiger partial charge on any atom is 0.241 e. The number of ether oxygens (including phenoxy) is 2. The summed E-state index contributed by atoms with van der Waals surface area (Å²) in [5, 5.41) is -0.791. The van der Waals surface area contributed by atoms with Crippen LogP contribution in [-0.4, -0.2) is 29.1 Å². The minimum Gasteiger partial charge on any atom is -0.497 e. The molecule has 244 valence electrons. The highest BCUT2D eigenvalue weighted by Gasteiger charge is 2.55. The van der Waals surface area contributed by atoms with Gasteiger partial charge in [-0.15, -0.1) is 0 Å². The Morgan fingerprint density at radius 3 is 2.13 bits per heavy atom. The number of methoxy groups -OCH3 is 1. The van der Waals surface area contributed by atoms with E-state index in [1.807, 2.05) is 78.9 Å². The first kappa shape index (κ1) is 33.7. The zero-order valence-corrected chi connectivity index (χ0v) is 29.3. The summed E-state index contributed by atoms with van der Waals surface area (Å²) in [4.78, 5) is 0. The van der Waals surface area contributed by atoms with Gasteiger partial charge in [0.05, 0.1) is 24.9 Å². The van der Waals surface area contributed by atoms with Gasteiger partial charge >= 0.3 is 0 Å². The molecule has 1 heterocycles. The molecule has 0 aliphatic carbocycles. The minimum atomic E-state index is -3.73. The van der Waals surface area contributed by atoms with E-state index in [-0.39, 0.29) is 17.0 Å². The Balaban J connectivity index is 1.52. The highest BCUT2D eigenvalue weighted by Crippen LogP contribution is 2.51. The first-order valence-electron chi connectivity index (χ1n) is 15.7. The summed E-state index contributed by atoms with van der Waals surface area (Å²) < 4.78 is 62.5. The Kier molecular flexibility index (Phi) is 9.96. The van der Waals surface area contributed by atoms with Crippen LogP contribution in [0.2, 0.25) is 18.1 Å². The van der Waals surface area contributed by atoms with Crippen LogP contribution in [0.15, 0.2) is 103 Å². The van der Waals surface area contributed by atoms with Crippen LogP contribution in [0, 0.1) is 5.82 Å².